The number of hydrogen-bond acceptors (Lipinski definition) is 8. The van der Waals surface area contributed by atoms with E-state index in [0.717, 1.165) is 5.01 Å². The van der Waals surface area contributed by atoms with Gasteiger partial charge in [-0.15, -0.1) is 11.3 Å². The Hall–Kier alpha value is -1.96. The molecule has 0 aromatic carbocycles. The highest BCUT2D eigenvalue weighted by Crippen LogP contribution is 2.13. The Kier molecular flexibility index (Phi) is 4.45. The molecule has 0 saturated heterocycles. The van der Waals surface area contributed by atoms with Gasteiger partial charge in [-0.25, -0.2) is 4.98 Å². The van der Waals surface area contributed by atoms with Gasteiger partial charge in [0.25, 0.3) is 0 Å². The van der Waals surface area contributed by atoms with Crippen molar-refractivity contribution in [2.45, 2.75) is 26.5 Å². The van der Waals surface area contributed by atoms with Crippen LogP contribution >= 0.6 is 11.3 Å². The van der Waals surface area contributed by atoms with Crippen molar-refractivity contribution in [3.63, 3.8) is 0 Å². The predicted molar refractivity (Wildman–Crippen MR) is 74.6 cm³/mol. The number of aromatic nitrogens is 4. The van der Waals surface area contributed by atoms with Gasteiger partial charge in [-0.05, 0) is 13.8 Å². The molecular formula is C11H16N6OS. The van der Waals surface area contributed by atoms with Crippen molar-refractivity contribution in [2.75, 3.05) is 17.7 Å². The van der Waals surface area contributed by atoms with Crippen molar-refractivity contribution < 1.29 is 4.74 Å². The third-order valence-electron chi connectivity index (χ3n) is 2.06. The largest absolute Gasteiger partial charge is 0.461 e. The normalized spacial score (nSPS) is 10.5. The number of thiazole rings is 1. The molecule has 0 bridgehead atoms. The lowest BCUT2D eigenvalue weighted by Crippen LogP contribution is -2.12. The van der Waals surface area contributed by atoms with Crippen LogP contribution in [0, 0.1) is 0 Å². The molecule has 0 unspecified atom stereocenters. The molecule has 0 saturated carbocycles. The molecule has 102 valence electrons. The number of nitrogens with one attached hydrogen (secondary N) is 2. The van der Waals surface area contributed by atoms with Crippen LogP contribution in [0.25, 0.3) is 0 Å². The van der Waals surface area contributed by atoms with E-state index in [0.29, 0.717) is 24.5 Å². The minimum atomic E-state index is 0.0129. The lowest BCUT2D eigenvalue weighted by molar-refractivity contribution is 0.222. The summed E-state index contributed by atoms with van der Waals surface area (Å²) in [6.45, 7) is 4.42. The van der Waals surface area contributed by atoms with Crippen LogP contribution in [0.15, 0.2) is 11.6 Å². The smallest absolute Gasteiger partial charge is 0.323 e. The molecule has 2 aromatic heterocycles. The zero-order valence-corrected chi connectivity index (χ0v) is 11.9. The van der Waals surface area contributed by atoms with E-state index in [1.54, 1.807) is 24.6 Å². The molecule has 0 aliphatic carbocycles. The maximum absolute atomic E-state index is 5.48. The lowest BCUT2D eigenvalue weighted by Gasteiger charge is -2.10. The molecule has 2 heterocycles. The maximum Gasteiger partial charge on any atom is 0.323 e. The quantitative estimate of drug-likeness (QED) is 0.834. The van der Waals surface area contributed by atoms with E-state index < -0.39 is 0 Å². The van der Waals surface area contributed by atoms with Crippen LogP contribution in [-0.4, -0.2) is 33.1 Å². The van der Waals surface area contributed by atoms with Crippen molar-refractivity contribution in [2.24, 2.45) is 0 Å². The molecule has 19 heavy (non-hydrogen) atoms. The SMILES string of the molecule is CNc1nc(NCc2nccs2)nc(OC(C)C)n1. The molecule has 0 fully saturated rings. The second kappa shape index (κ2) is 6.28. The fourth-order valence-corrected chi connectivity index (χ4v) is 1.86. The summed E-state index contributed by atoms with van der Waals surface area (Å²) >= 11 is 1.58. The third-order valence-corrected chi connectivity index (χ3v) is 2.84. The summed E-state index contributed by atoms with van der Waals surface area (Å²) < 4.78 is 5.48. The van der Waals surface area contributed by atoms with Crippen LogP contribution in [0.4, 0.5) is 11.9 Å². The average Bonchev–Trinajstić information content (AvgIpc) is 2.88. The van der Waals surface area contributed by atoms with Gasteiger partial charge in [-0.2, -0.15) is 15.0 Å². The van der Waals surface area contributed by atoms with Gasteiger partial charge in [0.15, 0.2) is 0 Å². The van der Waals surface area contributed by atoms with E-state index in [1.807, 2.05) is 19.2 Å². The van der Waals surface area contributed by atoms with Crippen LogP contribution in [-0.2, 0) is 6.54 Å². The van der Waals surface area contributed by atoms with E-state index >= 15 is 0 Å². The predicted octanol–water partition coefficient (Wildman–Crippen LogP) is 1.77. The van der Waals surface area contributed by atoms with Gasteiger partial charge in [0.2, 0.25) is 11.9 Å². The molecule has 2 N–H and O–H groups in total. The summed E-state index contributed by atoms with van der Waals surface area (Å²) in [5, 5.41) is 8.88. The van der Waals surface area contributed by atoms with Crippen LogP contribution in [0.2, 0.25) is 0 Å². The first-order chi connectivity index (χ1) is 9.17. The van der Waals surface area contributed by atoms with Gasteiger partial charge in [-0.3, -0.25) is 0 Å². The monoisotopic (exact) mass is 280 g/mol. The first-order valence-electron chi connectivity index (χ1n) is 5.90. The topological polar surface area (TPSA) is 84.9 Å². The summed E-state index contributed by atoms with van der Waals surface area (Å²) in [4.78, 5) is 16.7. The summed E-state index contributed by atoms with van der Waals surface area (Å²) in [5.41, 5.74) is 0. The van der Waals surface area contributed by atoms with E-state index in [2.05, 4.69) is 30.6 Å². The first kappa shape index (κ1) is 13.5. The Morgan fingerprint density at radius 2 is 2.05 bits per heavy atom. The molecule has 2 aromatic rings. The van der Waals surface area contributed by atoms with Crippen molar-refractivity contribution >= 4 is 23.2 Å². The van der Waals surface area contributed by atoms with Crippen LogP contribution < -0.4 is 15.4 Å². The van der Waals surface area contributed by atoms with E-state index in [9.17, 15) is 0 Å². The van der Waals surface area contributed by atoms with Crippen LogP contribution in [0.1, 0.15) is 18.9 Å². The molecule has 0 aliphatic heterocycles. The summed E-state index contributed by atoms with van der Waals surface area (Å²) in [5.74, 6) is 0.928. The second-order valence-electron chi connectivity index (χ2n) is 3.96. The minimum Gasteiger partial charge on any atom is -0.461 e. The van der Waals surface area contributed by atoms with Crippen LogP contribution in [0.5, 0.6) is 6.01 Å². The molecule has 0 radical (unpaired) electrons. The van der Waals surface area contributed by atoms with Crippen molar-refractivity contribution in [1.29, 1.82) is 0 Å². The van der Waals surface area contributed by atoms with Gasteiger partial charge in [0.05, 0.1) is 12.6 Å². The standard InChI is InChI=1S/C11H16N6OS/c1-7(2)18-11-16-9(12-3)15-10(17-11)14-6-8-13-4-5-19-8/h4-5,7H,6H2,1-3H3,(H2,12,14,15,16,17). The summed E-state index contributed by atoms with van der Waals surface area (Å²) in [6.07, 6.45) is 1.78. The highest BCUT2D eigenvalue weighted by molar-refractivity contribution is 7.09. The molecule has 0 spiro atoms. The van der Waals surface area contributed by atoms with Crippen molar-refractivity contribution in [1.82, 2.24) is 19.9 Å². The summed E-state index contributed by atoms with van der Waals surface area (Å²) in [6, 6.07) is 0.302. The van der Waals surface area contributed by atoms with Gasteiger partial charge >= 0.3 is 6.01 Å². The summed E-state index contributed by atoms with van der Waals surface area (Å²) in [7, 11) is 1.75. The Morgan fingerprint density at radius 3 is 2.68 bits per heavy atom. The fourth-order valence-electron chi connectivity index (χ4n) is 1.31. The van der Waals surface area contributed by atoms with Crippen molar-refractivity contribution in [3.8, 4) is 6.01 Å². The zero-order chi connectivity index (χ0) is 13.7. The molecule has 7 nitrogen and oxygen atoms in total. The Morgan fingerprint density at radius 1 is 1.26 bits per heavy atom. The van der Waals surface area contributed by atoms with Crippen molar-refractivity contribution in [3.05, 3.63) is 16.6 Å². The Balaban J connectivity index is 2.09. The minimum absolute atomic E-state index is 0.0129. The molecule has 8 heteroatoms. The van der Waals surface area contributed by atoms with E-state index in [4.69, 9.17) is 4.74 Å². The third kappa shape index (κ3) is 4.02. The number of rotatable bonds is 6. The molecule has 0 aliphatic rings. The van der Waals surface area contributed by atoms with E-state index in [1.165, 1.54) is 0 Å². The molecule has 0 amide bonds. The number of hydrogen-bond donors (Lipinski definition) is 2. The van der Waals surface area contributed by atoms with Gasteiger partial charge < -0.3 is 15.4 Å². The molecule has 2 rings (SSSR count). The lowest BCUT2D eigenvalue weighted by atomic mass is 10.5. The number of anilines is 2. The Labute approximate surface area is 115 Å². The number of ether oxygens (including phenoxy) is 1. The Bertz CT molecular complexity index is 516. The van der Waals surface area contributed by atoms with Crippen LogP contribution in [0.3, 0.4) is 0 Å². The zero-order valence-electron chi connectivity index (χ0n) is 11.0. The maximum atomic E-state index is 5.48. The second-order valence-corrected chi connectivity index (χ2v) is 4.94. The molecule has 0 atom stereocenters. The molecular weight excluding hydrogens is 264 g/mol. The number of nitrogens with zero attached hydrogens (tertiary/aromatic N) is 4. The van der Waals surface area contributed by atoms with Gasteiger partial charge in [0, 0.05) is 18.6 Å². The van der Waals surface area contributed by atoms with Gasteiger partial charge in [0.1, 0.15) is 5.01 Å². The highest BCUT2D eigenvalue weighted by atomic mass is 32.1. The fraction of sp³-hybridized carbons (Fsp3) is 0.455. The van der Waals surface area contributed by atoms with Gasteiger partial charge in [-0.1, -0.05) is 0 Å². The van der Waals surface area contributed by atoms with E-state index in [-0.39, 0.29) is 6.10 Å². The highest BCUT2D eigenvalue weighted by Gasteiger charge is 2.08. The first-order valence-corrected chi connectivity index (χ1v) is 6.78. The average molecular weight is 280 g/mol.